The van der Waals surface area contributed by atoms with Crippen LogP contribution in [-0.4, -0.2) is 0 Å². The average molecular weight is 317 g/mol. The number of benzene rings is 2. The van der Waals surface area contributed by atoms with Crippen LogP contribution >= 0.6 is 12.4 Å². The molecule has 1 saturated carbocycles. The summed E-state index contributed by atoms with van der Waals surface area (Å²) in [6.07, 6.45) is 5.26. The molecule has 1 fully saturated rings. The molecule has 2 nitrogen and oxygen atoms in total. The first-order valence-electron chi connectivity index (χ1n) is 7.96. The Labute approximate surface area is 139 Å². The maximum Gasteiger partial charge on any atom is 0.0400 e. The average Bonchev–Trinajstić information content (AvgIpc) is 3.08. The molecule has 3 N–H and O–H groups in total. The van der Waals surface area contributed by atoms with E-state index in [4.69, 9.17) is 5.73 Å². The molecule has 1 aliphatic rings. The SMILES string of the molecule is Cl.N[C@H](c1ccc(NCc2ccccc2)cc1)C1CCCC1. The fourth-order valence-corrected chi connectivity index (χ4v) is 3.21. The molecule has 3 heteroatoms. The van der Waals surface area contributed by atoms with Crippen molar-refractivity contribution in [3.05, 3.63) is 65.7 Å². The number of nitrogens with two attached hydrogens (primary N) is 1. The van der Waals surface area contributed by atoms with Gasteiger partial charge in [-0.05, 0) is 42.0 Å². The van der Waals surface area contributed by atoms with Gasteiger partial charge < -0.3 is 11.1 Å². The van der Waals surface area contributed by atoms with Crippen LogP contribution in [0.5, 0.6) is 0 Å². The lowest BCUT2D eigenvalue weighted by Crippen LogP contribution is -2.18. The lowest BCUT2D eigenvalue weighted by Gasteiger charge is -2.19. The van der Waals surface area contributed by atoms with Crippen molar-refractivity contribution in [1.82, 2.24) is 0 Å². The van der Waals surface area contributed by atoms with E-state index in [0.717, 1.165) is 12.2 Å². The zero-order valence-corrected chi connectivity index (χ0v) is 13.7. The summed E-state index contributed by atoms with van der Waals surface area (Å²) in [6.45, 7) is 0.856. The maximum absolute atomic E-state index is 6.39. The van der Waals surface area contributed by atoms with Crippen molar-refractivity contribution < 1.29 is 0 Å². The largest absolute Gasteiger partial charge is 0.381 e. The fraction of sp³-hybridized carbons (Fsp3) is 0.368. The van der Waals surface area contributed by atoms with Crippen molar-refractivity contribution in [3.63, 3.8) is 0 Å². The van der Waals surface area contributed by atoms with Crippen LogP contribution in [0.2, 0.25) is 0 Å². The Morgan fingerprint density at radius 1 is 0.955 bits per heavy atom. The van der Waals surface area contributed by atoms with E-state index >= 15 is 0 Å². The van der Waals surface area contributed by atoms with Gasteiger partial charge in [0.05, 0.1) is 0 Å². The first-order valence-corrected chi connectivity index (χ1v) is 7.96. The van der Waals surface area contributed by atoms with Gasteiger partial charge in [-0.2, -0.15) is 0 Å². The second-order valence-electron chi connectivity index (χ2n) is 6.03. The van der Waals surface area contributed by atoms with Crippen molar-refractivity contribution >= 4 is 18.1 Å². The third-order valence-electron chi connectivity index (χ3n) is 4.54. The van der Waals surface area contributed by atoms with Gasteiger partial charge in [0, 0.05) is 18.3 Å². The highest BCUT2D eigenvalue weighted by Gasteiger charge is 2.22. The van der Waals surface area contributed by atoms with Gasteiger partial charge in [-0.3, -0.25) is 0 Å². The zero-order chi connectivity index (χ0) is 14.5. The number of anilines is 1. The molecule has 0 aromatic heterocycles. The fourth-order valence-electron chi connectivity index (χ4n) is 3.21. The predicted octanol–water partition coefficient (Wildman–Crippen LogP) is 4.91. The van der Waals surface area contributed by atoms with Crippen LogP contribution in [0.25, 0.3) is 0 Å². The highest BCUT2D eigenvalue weighted by Crippen LogP contribution is 2.34. The van der Waals surface area contributed by atoms with Crippen LogP contribution < -0.4 is 11.1 Å². The highest BCUT2D eigenvalue weighted by atomic mass is 35.5. The first-order chi connectivity index (χ1) is 10.3. The summed E-state index contributed by atoms with van der Waals surface area (Å²) in [5, 5.41) is 3.46. The molecule has 0 unspecified atom stereocenters. The third kappa shape index (κ3) is 4.25. The Kier molecular flexibility index (Phi) is 6.29. The second-order valence-corrected chi connectivity index (χ2v) is 6.03. The standard InChI is InChI=1S/C19H24N2.ClH/c20-19(16-8-4-5-9-16)17-10-12-18(13-11-17)21-14-15-6-2-1-3-7-15;/h1-3,6-7,10-13,16,19,21H,4-5,8-9,14,20H2;1H/t19-;/m0./s1. The molecular weight excluding hydrogens is 292 g/mol. The molecule has 2 aromatic carbocycles. The van der Waals surface area contributed by atoms with Crippen LogP contribution in [0.3, 0.4) is 0 Å². The van der Waals surface area contributed by atoms with Crippen molar-refractivity contribution in [2.24, 2.45) is 11.7 Å². The predicted molar refractivity (Wildman–Crippen MR) is 96.3 cm³/mol. The number of hydrogen-bond acceptors (Lipinski definition) is 2. The van der Waals surface area contributed by atoms with Gasteiger partial charge in [-0.15, -0.1) is 12.4 Å². The minimum atomic E-state index is 0. The summed E-state index contributed by atoms with van der Waals surface area (Å²) >= 11 is 0. The van der Waals surface area contributed by atoms with Crippen LogP contribution in [-0.2, 0) is 6.54 Å². The Morgan fingerprint density at radius 3 is 2.23 bits per heavy atom. The van der Waals surface area contributed by atoms with Crippen molar-refractivity contribution in [2.75, 3.05) is 5.32 Å². The minimum absolute atomic E-state index is 0. The van der Waals surface area contributed by atoms with Crippen molar-refractivity contribution in [1.29, 1.82) is 0 Å². The van der Waals surface area contributed by atoms with E-state index in [0.29, 0.717) is 5.92 Å². The molecule has 1 atom stereocenters. The van der Waals surface area contributed by atoms with E-state index in [1.54, 1.807) is 0 Å². The number of halogens is 1. The molecule has 1 aliphatic carbocycles. The second kappa shape index (κ2) is 8.21. The first kappa shape index (κ1) is 16.9. The van der Waals surface area contributed by atoms with Gasteiger partial charge in [0.25, 0.3) is 0 Å². The molecule has 0 spiro atoms. The Bertz CT molecular complexity index is 547. The van der Waals surface area contributed by atoms with E-state index in [1.807, 2.05) is 6.07 Å². The Balaban J connectivity index is 0.00000176. The van der Waals surface area contributed by atoms with Gasteiger partial charge in [0.1, 0.15) is 0 Å². The van der Waals surface area contributed by atoms with Crippen molar-refractivity contribution in [3.8, 4) is 0 Å². The summed E-state index contributed by atoms with van der Waals surface area (Å²) in [6, 6.07) is 19.3. The topological polar surface area (TPSA) is 38.0 Å². The summed E-state index contributed by atoms with van der Waals surface area (Å²) in [4.78, 5) is 0. The highest BCUT2D eigenvalue weighted by molar-refractivity contribution is 5.85. The van der Waals surface area contributed by atoms with Gasteiger partial charge in [-0.25, -0.2) is 0 Å². The third-order valence-corrected chi connectivity index (χ3v) is 4.54. The van der Waals surface area contributed by atoms with Crippen molar-refractivity contribution in [2.45, 2.75) is 38.3 Å². The summed E-state index contributed by atoms with van der Waals surface area (Å²) in [7, 11) is 0. The monoisotopic (exact) mass is 316 g/mol. The van der Waals surface area contributed by atoms with Gasteiger partial charge in [0.15, 0.2) is 0 Å². The van der Waals surface area contributed by atoms with Crippen LogP contribution in [0.4, 0.5) is 5.69 Å². The number of rotatable bonds is 5. The zero-order valence-electron chi connectivity index (χ0n) is 12.9. The molecule has 0 aliphatic heterocycles. The van der Waals surface area contributed by atoms with Crippen LogP contribution in [0, 0.1) is 5.92 Å². The summed E-state index contributed by atoms with van der Waals surface area (Å²) < 4.78 is 0. The van der Waals surface area contributed by atoms with E-state index in [2.05, 4.69) is 53.8 Å². The van der Waals surface area contributed by atoms with Crippen LogP contribution in [0.15, 0.2) is 54.6 Å². The molecule has 118 valence electrons. The van der Waals surface area contributed by atoms with Gasteiger partial charge in [0.2, 0.25) is 0 Å². The minimum Gasteiger partial charge on any atom is -0.381 e. The smallest absolute Gasteiger partial charge is 0.0400 e. The molecule has 3 rings (SSSR count). The van der Waals surface area contributed by atoms with Crippen LogP contribution in [0.1, 0.15) is 42.9 Å². The molecule has 2 aromatic rings. The lowest BCUT2D eigenvalue weighted by atomic mass is 9.92. The Morgan fingerprint density at radius 2 is 1.59 bits per heavy atom. The molecule has 0 amide bonds. The van der Waals surface area contributed by atoms with E-state index in [9.17, 15) is 0 Å². The summed E-state index contributed by atoms with van der Waals surface area (Å²) in [5.41, 5.74) is 10.1. The maximum atomic E-state index is 6.39. The molecule has 0 heterocycles. The quantitative estimate of drug-likeness (QED) is 0.822. The molecule has 0 bridgehead atoms. The summed E-state index contributed by atoms with van der Waals surface area (Å²) in [5.74, 6) is 0.674. The lowest BCUT2D eigenvalue weighted by molar-refractivity contribution is 0.445. The Hall–Kier alpha value is -1.51. The van der Waals surface area contributed by atoms with E-state index in [1.165, 1.54) is 36.8 Å². The van der Waals surface area contributed by atoms with E-state index < -0.39 is 0 Å². The molecule has 0 saturated heterocycles. The molecule has 0 radical (unpaired) electrons. The van der Waals surface area contributed by atoms with E-state index in [-0.39, 0.29) is 18.4 Å². The van der Waals surface area contributed by atoms with Gasteiger partial charge >= 0.3 is 0 Å². The van der Waals surface area contributed by atoms with Gasteiger partial charge in [-0.1, -0.05) is 55.3 Å². The molecular formula is C19H25ClN2. The molecule has 22 heavy (non-hydrogen) atoms. The normalized spacial score (nSPS) is 16.0. The number of nitrogens with one attached hydrogen (secondary N) is 1. The number of hydrogen-bond donors (Lipinski definition) is 2.